The molecule has 2 N–H and O–H groups in total. The topological polar surface area (TPSA) is 80.6 Å². The molecule has 0 aliphatic carbocycles. The Morgan fingerprint density at radius 2 is 1.83 bits per heavy atom. The van der Waals surface area contributed by atoms with Crippen molar-refractivity contribution in [3.05, 3.63) is 94.0 Å². The molecule has 0 fully saturated rings. The lowest BCUT2D eigenvalue weighted by molar-refractivity contribution is -0.118. The minimum absolute atomic E-state index is 0.113. The average Bonchev–Trinajstić information content (AvgIpc) is 3.26. The first kappa shape index (κ1) is 20.4. The smallest absolute Gasteiger partial charge is 0.268 e. The molecule has 0 unspecified atom stereocenters. The summed E-state index contributed by atoms with van der Waals surface area (Å²) in [6, 6.07) is 17.6. The third-order valence-electron chi connectivity index (χ3n) is 4.04. The zero-order valence-corrected chi connectivity index (χ0v) is 17.2. The maximum atomic E-state index is 12.7. The number of carbonyl (C=O) groups is 2. The van der Waals surface area contributed by atoms with Crippen molar-refractivity contribution < 1.29 is 18.7 Å². The van der Waals surface area contributed by atoms with Crippen LogP contribution in [0.25, 0.3) is 6.08 Å². The second-order valence-electron chi connectivity index (χ2n) is 6.03. The lowest BCUT2D eigenvalue weighted by atomic mass is 10.1. The SMILES string of the molecule is COc1ccc(/C=C(/NC(=O)c2ccccc2Br)C(=O)NCc2ccco2)cc1. The first-order valence-electron chi connectivity index (χ1n) is 8.79. The van der Waals surface area contributed by atoms with Gasteiger partial charge in [-0.15, -0.1) is 0 Å². The second kappa shape index (κ2) is 9.75. The van der Waals surface area contributed by atoms with Crippen molar-refractivity contribution in [3.63, 3.8) is 0 Å². The van der Waals surface area contributed by atoms with Crippen LogP contribution in [0.4, 0.5) is 0 Å². The summed E-state index contributed by atoms with van der Waals surface area (Å²) in [4.78, 5) is 25.4. The molecule has 148 valence electrons. The highest BCUT2D eigenvalue weighted by molar-refractivity contribution is 9.10. The Morgan fingerprint density at radius 1 is 1.07 bits per heavy atom. The van der Waals surface area contributed by atoms with Crippen molar-refractivity contribution in [3.8, 4) is 5.75 Å². The van der Waals surface area contributed by atoms with Gasteiger partial charge in [-0.05, 0) is 64.0 Å². The predicted molar refractivity (Wildman–Crippen MR) is 113 cm³/mol. The maximum absolute atomic E-state index is 12.7. The summed E-state index contributed by atoms with van der Waals surface area (Å²) in [5.41, 5.74) is 1.27. The molecule has 0 saturated carbocycles. The number of carbonyl (C=O) groups excluding carboxylic acids is 2. The van der Waals surface area contributed by atoms with E-state index in [1.54, 1.807) is 67.8 Å². The largest absolute Gasteiger partial charge is 0.497 e. The van der Waals surface area contributed by atoms with E-state index in [2.05, 4.69) is 26.6 Å². The van der Waals surface area contributed by atoms with Crippen molar-refractivity contribution in [1.29, 1.82) is 0 Å². The summed E-state index contributed by atoms with van der Waals surface area (Å²) in [5, 5.41) is 5.45. The van der Waals surface area contributed by atoms with Crippen molar-refractivity contribution in [1.82, 2.24) is 10.6 Å². The number of hydrogen-bond acceptors (Lipinski definition) is 4. The van der Waals surface area contributed by atoms with Crippen LogP contribution in [0.1, 0.15) is 21.7 Å². The molecule has 6 nitrogen and oxygen atoms in total. The maximum Gasteiger partial charge on any atom is 0.268 e. The highest BCUT2D eigenvalue weighted by atomic mass is 79.9. The summed E-state index contributed by atoms with van der Waals surface area (Å²) in [6.07, 6.45) is 3.13. The summed E-state index contributed by atoms with van der Waals surface area (Å²) >= 11 is 3.36. The van der Waals surface area contributed by atoms with Gasteiger partial charge in [-0.1, -0.05) is 24.3 Å². The number of furan rings is 1. The molecule has 0 bridgehead atoms. The van der Waals surface area contributed by atoms with E-state index >= 15 is 0 Å². The van der Waals surface area contributed by atoms with Gasteiger partial charge in [-0.25, -0.2) is 0 Å². The fourth-order valence-corrected chi connectivity index (χ4v) is 3.00. The van der Waals surface area contributed by atoms with Crippen molar-refractivity contribution in [2.24, 2.45) is 0 Å². The molecule has 3 aromatic rings. The van der Waals surface area contributed by atoms with Crippen LogP contribution in [-0.2, 0) is 11.3 Å². The number of hydrogen-bond donors (Lipinski definition) is 2. The molecule has 0 aliphatic heterocycles. The van der Waals surface area contributed by atoms with Crippen molar-refractivity contribution in [2.75, 3.05) is 7.11 Å². The molecule has 0 saturated heterocycles. The van der Waals surface area contributed by atoms with Gasteiger partial charge in [0.2, 0.25) is 0 Å². The number of ether oxygens (including phenoxy) is 1. The molecule has 0 aliphatic rings. The molecule has 0 radical (unpaired) electrons. The van der Waals surface area contributed by atoms with E-state index in [0.29, 0.717) is 21.5 Å². The molecule has 2 amide bonds. The van der Waals surface area contributed by atoms with Gasteiger partial charge >= 0.3 is 0 Å². The van der Waals surface area contributed by atoms with Crippen LogP contribution in [0.2, 0.25) is 0 Å². The van der Waals surface area contributed by atoms with Crippen LogP contribution in [0, 0.1) is 0 Å². The van der Waals surface area contributed by atoms with E-state index in [1.807, 2.05) is 6.07 Å². The molecule has 0 atom stereocenters. The van der Waals surface area contributed by atoms with E-state index in [9.17, 15) is 9.59 Å². The van der Waals surface area contributed by atoms with E-state index in [0.717, 1.165) is 5.56 Å². The number of halogens is 1. The molecule has 3 rings (SSSR count). The molecule has 2 aromatic carbocycles. The first-order valence-corrected chi connectivity index (χ1v) is 9.58. The lowest BCUT2D eigenvalue weighted by Gasteiger charge is -2.11. The van der Waals surface area contributed by atoms with Gasteiger partial charge in [0.15, 0.2) is 0 Å². The van der Waals surface area contributed by atoms with Gasteiger partial charge < -0.3 is 19.8 Å². The normalized spacial score (nSPS) is 11.0. The molecule has 7 heteroatoms. The van der Waals surface area contributed by atoms with E-state index in [-0.39, 0.29) is 12.2 Å². The number of rotatable bonds is 7. The molecule has 1 aromatic heterocycles. The first-order chi connectivity index (χ1) is 14.1. The third kappa shape index (κ3) is 5.58. The quantitative estimate of drug-likeness (QED) is 0.525. The highest BCUT2D eigenvalue weighted by Gasteiger charge is 2.16. The number of nitrogens with one attached hydrogen (secondary N) is 2. The monoisotopic (exact) mass is 454 g/mol. The second-order valence-corrected chi connectivity index (χ2v) is 6.88. The zero-order chi connectivity index (χ0) is 20.6. The Hall–Kier alpha value is -3.32. The van der Waals surface area contributed by atoms with Crippen LogP contribution in [-0.4, -0.2) is 18.9 Å². The summed E-state index contributed by atoms with van der Waals surface area (Å²) in [6.45, 7) is 0.205. The van der Waals surface area contributed by atoms with Crippen molar-refractivity contribution in [2.45, 2.75) is 6.54 Å². The van der Waals surface area contributed by atoms with Gasteiger partial charge in [0.05, 0.1) is 25.5 Å². The number of benzene rings is 2. The summed E-state index contributed by atoms with van der Waals surface area (Å²) in [5.74, 6) is 0.477. The minimum Gasteiger partial charge on any atom is -0.497 e. The standard InChI is InChI=1S/C22H19BrN2O4/c1-28-16-10-8-15(9-11-16)13-20(22(27)24-14-17-5-4-12-29-17)25-21(26)18-6-2-3-7-19(18)23/h2-13H,14H2,1H3,(H,24,27)(H,25,26)/b20-13+. The zero-order valence-electron chi connectivity index (χ0n) is 15.6. The summed E-state index contributed by atoms with van der Waals surface area (Å²) < 4.78 is 11.0. The van der Waals surface area contributed by atoms with Gasteiger partial charge in [0, 0.05) is 4.47 Å². The molecule has 1 heterocycles. The summed E-state index contributed by atoms with van der Waals surface area (Å²) in [7, 11) is 1.58. The van der Waals surface area contributed by atoms with Crippen LogP contribution in [0.15, 0.2) is 81.5 Å². The lowest BCUT2D eigenvalue weighted by Crippen LogP contribution is -2.34. The Morgan fingerprint density at radius 3 is 2.48 bits per heavy atom. The van der Waals surface area contributed by atoms with Gasteiger partial charge in [-0.2, -0.15) is 0 Å². The van der Waals surface area contributed by atoms with Crippen LogP contribution < -0.4 is 15.4 Å². The Bertz CT molecular complexity index is 1010. The molecule has 29 heavy (non-hydrogen) atoms. The predicted octanol–water partition coefficient (Wildman–Crippen LogP) is 4.14. The van der Waals surface area contributed by atoms with Gasteiger partial charge in [-0.3, -0.25) is 9.59 Å². The Balaban J connectivity index is 1.83. The van der Waals surface area contributed by atoms with Crippen molar-refractivity contribution >= 4 is 33.8 Å². The molecule has 0 spiro atoms. The van der Waals surface area contributed by atoms with Crippen LogP contribution >= 0.6 is 15.9 Å². The number of methoxy groups -OCH3 is 1. The van der Waals surface area contributed by atoms with E-state index < -0.39 is 11.8 Å². The van der Waals surface area contributed by atoms with Gasteiger partial charge in [0.25, 0.3) is 11.8 Å². The number of amides is 2. The minimum atomic E-state index is -0.433. The fourth-order valence-electron chi connectivity index (χ4n) is 2.54. The van der Waals surface area contributed by atoms with Crippen LogP contribution in [0.5, 0.6) is 5.75 Å². The molecular formula is C22H19BrN2O4. The third-order valence-corrected chi connectivity index (χ3v) is 4.73. The van der Waals surface area contributed by atoms with E-state index in [1.165, 1.54) is 6.26 Å². The molecular weight excluding hydrogens is 436 g/mol. The van der Waals surface area contributed by atoms with Gasteiger partial charge in [0.1, 0.15) is 17.2 Å². The Labute approximate surface area is 176 Å². The fraction of sp³-hybridized carbons (Fsp3) is 0.0909. The average molecular weight is 455 g/mol. The van der Waals surface area contributed by atoms with E-state index in [4.69, 9.17) is 9.15 Å². The highest BCUT2D eigenvalue weighted by Crippen LogP contribution is 2.17. The van der Waals surface area contributed by atoms with Crippen LogP contribution in [0.3, 0.4) is 0 Å². The Kier molecular flexibility index (Phi) is 6.86.